The molecule has 0 amide bonds. The zero-order valence-corrected chi connectivity index (χ0v) is 12.0. The van der Waals surface area contributed by atoms with Crippen molar-refractivity contribution in [3.8, 4) is 0 Å². The highest BCUT2D eigenvalue weighted by atomic mass is 35.5. The number of nitrogens with zero attached hydrogens (tertiary/aromatic N) is 2. The number of carbonyl (C=O) groups is 1. The quantitative estimate of drug-likeness (QED) is 0.864. The van der Waals surface area contributed by atoms with E-state index < -0.39 is 23.4 Å². The summed E-state index contributed by atoms with van der Waals surface area (Å²) in [6, 6.07) is 4.83. The SMILES string of the molecule is O=C(O)c1nnc(Nc2ccc(Cl)cc2Cl)cc1C(F)(F)F. The van der Waals surface area contributed by atoms with Crippen LogP contribution in [0.1, 0.15) is 16.1 Å². The first-order chi connectivity index (χ1) is 10.2. The first-order valence-electron chi connectivity index (χ1n) is 5.59. The molecule has 10 heteroatoms. The molecule has 2 N–H and O–H groups in total. The lowest BCUT2D eigenvalue weighted by molar-refractivity contribution is -0.138. The minimum Gasteiger partial charge on any atom is -0.476 e. The summed E-state index contributed by atoms with van der Waals surface area (Å²) in [5.41, 5.74) is -2.35. The lowest BCUT2D eigenvalue weighted by Gasteiger charge is -2.12. The van der Waals surface area contributed by atoms with Crippen molar-refractivity contribution < 1.29 is 23.1 Å². The molecule has 1 aromatic carbocycles. The van der Waals surface area contributed by atoms with E-state index in [1.807, 2.05) is 0 Å². The molecule has 0 aliphatic rings. The average Bonchev–Trinajstić information content (AvgIpc) is 2.40. The summed E-state index contributed by atoms with van der Waals surface area (Å²) in [4.78, 5) is 10.8. The van der Waals surface area contributed by atoms with Gasteiger partial charge in [0.1, 0.15) is 0 Å². The molecule has 0 aliphatic heterocycles. The summed E-state index contributed by atoms with van der Waals surface area (Å²) in [5.74, 6) is -2.13. The fourth-order valence-electron chi connectivity index (χ4n) is 1.56. The maximum absolute atomic E-state index is 12.9. The predicted octanol–water partition coefficient (Wildman–Crippen LogP) is 4.24. The van der Waals surface area contributed by atoms with Crippen LogP contribution in [0.25, 0.3) is 0 Å². The molecular weight excluding hydrogens is 346 g/mol. The van der Waals surface area contributed by atoms with Crippen molar-refractivity contribution in [2.45, 2.75) is 6.18 Å². The third-order valence-corrected chi connectivity index (χ3v) is 3.04. The van der Waals surface area contributed by atoms with Gasteiger partial charge in [0.25, 0.3) is 0 Å². The van der Waals surface area contributed by atoms with E-state index in [2.05, 4.69) is 15.5 Å². The molecule has 5 nitrogen and oxygen atoms in total. The van der Waals surface area contributed by atoms with Crippen LogP contribution in [0.5, 0.6) is 0 Å². The number of nitrogens with one attached hydrogen (secondary N) is 1. The maximum atomic E-state index is 12.9. The molecule has 2 aromatic rings. The van der Waals surface area contributed by atoms with Gasteiger partial charge >= 0.3 is 12.1 Å². The minimum absolute atomic E-state index is 0.158. The van der Waals surface area contributed by atoms with Crippen molar-refractivity contribution in [1.29, 1.82) is 0 Å². The fraction of sp³-hybridized carbons (Fsp3) is 0.0833. The van der Waals surface area contributed by atoms with Crippen LogP contribution in [-0.2, 0) is 6.18 Å². The van der Waals surface area contributed by atoms with Crippen LogP contribution in [0, 0.1) is 0 Å². The number of hydrogen-bond acceptors (Lipinski definition) is 4. The number of benzene rings is 1. The molecule has 22 heavy (non-hydrogen) atoms. The van der Waals surface area contributed by atoms with Gasteiger partial charge in [0, 0.05) is 5.02 Å². The zero-order valence-electron chi connectivity index (χ0n) is 10.4. The topological polar surface area (TPSA) is 75.1 Å². The second-order valence-electron chi connectivity index (χ2n) is 4.04. The lowest BCUT2D eigenvalue weighted by atomic mass is 10.2. The number of anilines is 2. The Balaban J connectivity index is 2.43. The second kappa shape index (κ2) is 5.98. The summed E-state index contributed by atoms with van der Waals surface area (Å²) in [5, 5.41) is 18.2. The predicted molar refractivity (Wildman–Crippen MR) is 73.7 cm³/mol. The van der Waals surface area contributed by atoms with Crippen molar-refractivity contribution in [2.75, 3.05) is 5.32 Å². The molecule has 0 saturated heterocycles. The highest BCUT2D eigenvalue weighted by Gasteiger charge is 2.37. The van der Waals surface area contributed by atoms with Gasteiger partial charge in [-0.25, -0.2) is 4.79 Å². The maximum Gasteiger partial charge on any atom is 0.418 e. The van der Waals surface area contributed by atoms with Crippen LogP contribution in [0.3, 0.4) is 0 Å². The van der Waals surface area contributed by atoms with Crippen LogP contribution in [0.4, 0.5) is 24.7 Å². The number of aromatic nitrogens is 2. The molecule has 0 aliphatic carbocycles. The third kappa shape index (κ3) is 3.58. The number of aromatic carboxylic acids is 1. The Labute approximate surface area is 131 Å². The number of alkyl halides is 3. The number of hydrogen-bond donors (Lipinski definition) is 2. The van der Waals surface area contributed by atoms with E-state index in [1.54, 1.807) is 0 Å². The fourth-order valence-corrected chi connectivity index (χ4v) is 2.01. The smallest absolute Gasteiger partial charge is 0.418 e. The van der Waals surface area contributed by atoms with Crippen molar-refractivity contribution in [1.82, 2.24) is 10.2 Å². The molecule has 0 atom stereocenters. The zero-order chi connectivity index (χ0) is 16.5. The number of rotatable bonds is 3. The monoisotopic (exact) mass is 351 g/mol. The summed E-state index contributed by atoms with van der Waals surface area (Å²) in [6.45, 7) is 0. The van der Waals surface area contributed by atoms with Crippen molar-refractivity contribution in [3.05, 3.63) is 45.6 Å². The van der Waals surface area contributed by atoms with E-state index in [0.29, 0.717) is 11.1 Å². The van der Waals surface area contributed by atoms with E-state index in [4.69, 9.17) is 28.3 Å². The number of halogens is 5. The minimum atomic E-state index is -4.89. The van der Waals surface area contributed by atoms with Gasteiger partial charge in [0.05, 0.1) is 16.3 Å². The van der Waals surface area contributed by atoms with Gasteiger partial charge in [-0.2, -0.15) is 13.2 Å². The second-order valence-corrected chi connectivity index (χ2v) is 4.89. The van der Waals surface area contributed by atoms with Gasteiger partial charge in [-0.1, -0.05) is 23.2 Å². The molecule has 0 radical (unpaired) electrons. The largest absolute Gasteiger partial charge is 0.476 e. The van der Waals surface area contributed by atoms with Crippen LogP contribution >= 0.6 is 23.2 Å². The molecule has 1 heterocycles. The summed E-state index contributed by atoms with van der Waals surface area (Å²) in [7, 11) is 0. The summed E-state index contributed by atoms with van der Waals surface area (Å²) >= 11 is 11.6. The normalized spacial score (nSPS) is 11.3. The number of carboxylic acids is 1. The number of carboxylic acid groups (broad SMARTS) is 1. The molecule has 116 valence electrons. The van der Waals surface area contributed by atoms with Gasteiger partial charge in [0.2, 0.25) is 0 Å². The Morgan fingerprint density at radius 3 is 2.41 bits per heavy atom. The molecule has 0 bridgehead atoms. The van der Waals surface area contributed by atoms with E-state index in [0.717, 1.165) is 0 Å². The highest BCUT2D eigenvalue weighted by Crippen LogP contribution is 2.33. The molecule has 0 fully saturated rings. The Morgan fingerprint density at radius 1 is 1.18 bits per heavy atom. The van der Waals surface area contributed by atoms with Crippen molar-refractivity contribution >= 4 is 40.7 Å². The third-order valence-electron chi connectivity index (χ3n) is 2.50. The molecule has 0 unspecified atom stereocenters. The first kappa shape index (κ1) is 16.3. The molecule has 0 spiro atoms. The molecule has 2 rings (SSSR count). The summed E-state index contributed by atoms with van der Waals surface area (Å²) in [6.07, 6.45) is -4.89. The Kier molecular flexibility index (Phi) is 4.43. The van der Waals surface area contributed by atoms with E-state index in [1.165, 1.54) is 18.2 Å². The Morgan fingerprint density at radius 2 is 1.86 bits per heavy atom. The Hall–Kier alpha value is -2.06. The van der Waals surface area contributed by atoms with Crippen LogP contribution in [0.15, 0.2) is 24.3 Å². The standard InChI is InChI=1S/C12H6Cl2F3N3O2/c13-5-1-2-8(7(14)3-5)18-9-4-6(12(15,16)17)10(11(21)22)20-19-9/h1-4H,(H,18,19)(H,21,22). The van der Waals surface area contributed by atoms with E-state index in [9.17, 15) is 18.0 Å². The van der Waals surface area contributed by atoms with E-state index >= 15 is 0 Å². The summed E-state index contributed by atoms with van der Waals surface area (Å²) < 4.78 is 38.6. The van der Waals surface area contributed by atoms with Crippen molar-refractivity contribution in [3.63, 3.8) is 0 Å². The van der Waals surface area contributed by atoms with Crippen LogP contribution in [-0.4, -0.2) is 21.3 Å². The van der Waals surface area contributed by atoms with Gasteiger partial charge in [-0.15, -0.1) is 10.2 Å². The highest BCUT2D eigenvalue weighted by molar-refractivity contribution is 6.36. The lowest BCUT2D eigenvalue weighted by Crippen LogP contribution is -2.16. The van der Waals surface area contributed by atoms with Gasteiger partial charge in [-0.05, 0) is 24.3 Å². The first-order valence-corrected chi connectivity index (χ1v) is 6.34. The van der Waals surface area contributed by atoms with Crippen LogP contribution < -0.4 is 5.32 Å². The molecular formula is C12H6Cl2F3N3O2. The van der Waals surface area contributed by atoms with E-state index in [-0.39, 0.29) is 16.5 Å². The molecule has 0 saturated carbocycles. The van der Waals surface area contributed by atoms with Gasteiger partial charge in [0.15, 0.2) is 11.5 Å². The Bertz CT molecular complexity index is 738. The van der Waals surface area contributed by atoms with Gasteiger partial charge in [-0.3, -0.25) is 0 Å². The average molecular weight is 352 g/mol. The van der Waals surface area contributed by atoms with Gasteiger partial charge < -0.3 is 10.4 Å². The van der Waals surface area contributed by atoms with Crippen LogP contribution in [0.2, 0.25) is 10.0 Å². The van der Waals surface area contributed by atoms with Crippen molar-refractivity contribution in [2.24, 2.45) is 0 Å². The molecule has 1 aromatic heterocycles.